The van der Waals surface area contributed by atoms with Crippen LogP contribution in [-0.2, 0) is 6.54 Å². The molecule has 1 heterocycles. The van der Waals surface area contributed by atoms with Gasteiger partial charge in [-0.15, -0.1) is 11.3 Å². The third kappa shape index (κ3) is 3.82. The first-order valence-electron chi connectivity index (χ1n) is 6.80. The van der Waals surface area contributed by atoms with Crippen LogP contribution in [0.3, 0.4) is 0 Å². The van der Waals surface area contributed by atoms with E-state index in [1.807, 2.05) is 11.4 Å². The molecular weight excluding hydrogens is 246 g/mol. The Morgan fingerprint density at radius 1 is 1.28 bits per heavy atom. The fraction of sp³-hybridized carbons (Fsp3) is 0.643. The molecule has 1 aromatic rings. The first-order chi connectivity index (χ1) is 8.77. The molecule has 0 aromatic carbocycles. The normalized spacial score (nSPS) is 18.2. The highest BCUT2D eigenvalue weighted by atomic mass is 32.1. The highest BCUT2D eigenvalue weighted by Crippen LogP contribution is 2.20. The van der Waals surface area contributed by atoms with E-state index in [0.717, 1.165) is 5.56 Å². The molecule has 0 radical (unpaired) electrons. The predicted octanol–water partition coefficient (Wildman–Crippen LogP) is 3.65. The van der Waals surface area contributed by atoms with Crippen molar-refractivity contribution < 1.29 is 9.90 Å². The van der Waals surface area contributed by atoms with Crippen LogP contribution >= 0.6 is 11.3 Å². The fourth-order valence-corrected chi connectivity index (χ4v) is 3.34. The monoisotopic (exact) mass is 267 g/mol. The van der Waals surface area contributed by atoms with E-state index < -0.39 is 5.97 Å². The van der Waals surface area contributed by atoms with Gasteiger partial charge in [-0.25, -0.2) is 4.79 Å². The van der Waals surface area contributed by atoms with Gasteiger partial charge in [-0.05, 0) is 29.9 Å². The minimum atomic E-state index is -0.806. The topological polar surface area (TPSA) is 49.3 Å². The maximum atomic E-state index is 11.0. The molecule has 4 heteroatoms. The summed E-state index contributed by atoms with van der Waals surface area (Å²) in [7, 11) is 0. The number of carboxylic acid groups (broad SMARTS) is 1. The van der Waals surface area contributed by atoms with Crippen molar-refractivity contribution in [1.82, 2.24) is 5.32 Å². The summed E-state index contributed by atoms with van der Waals surface area (Å²) in [4.78, 5) is 11.5. The van der Waals surface area contributed by atoms with Gasteiger partial charge in [0.15, 0.2) is 0 Å². The summed E-state index contributed by atoms with van der Waals surface area (Å²) in [5, 5.41) is 14.4. The number of nitrogens with one attached hydrogen (secondary N) is 1. The second-order valence-electron chi connectivity index (χ2n) is 5.00. The molecule has 2 N–H and O–H groups in total. The Morgan fingerprint density at radius 3 is 2.61 bits per heavy atom. The lowest BCUT2D eigenvalue weighted by atomic mass is 9.96. The molecule has 0 amide bonds. The van der Waals surface area contributed by atoms with Crippen molar-refractivity contribution in [3.05, 3.63) is 21.9 Å². The Balaban J connectivity index is 1.85. The van der Waals surface area contributed by atoms with Crippen LogP contribution < -0.4 is 5.32 Å². The third-order valence-electron chi connectivity index (χ3n) is 3.63. The molecule has 1 fully saturated rings. The van der Waals surface area contributed by atoms with E-state index >= 15 is 0 Å². The lowest BCUT2D eigenvalue weighted by Crippen LogP contribution is -2.29. The average Bonchev–Trinajstić information content (AvgIpc) is 2.76. The molecular formula is C14H21NO2S. The Labute approximate surface area is 112 Å². The maximum Gasteiger partial charge on any atom is 0.346 e. The van der Waals surface area contributed by atoms with Crippen molar-refractivity contribution in [1.29, 1.82) is 0 Å². The van der Waals surface area contributed by atoms with E-state index in [1.54, 1.807) is 0 Å². The van der Waals surface area contributed by atoms with Gasteiger partial charge in [0.25, 0.3) is 0 Å². The van der Waals surface area contributed by atoms with E-state index in [4.69, 9.17) is 5.11 Å². The largest absolute Gasteiger partial charge is 0.477 e. The van der Waals surface area contributed by atoms with E-state index in [-0.39, 0.29) is 0 Å². The summed E-state index contributed by atoms with van der Waals surface area (Å²) in [6.07, 6.45) is 9.12. The highest BCUT2D eigenvalue weighted by molar-refractivity contribution is 7.12. The summed E-state index contributed by atoms with van der Waals surface area (Å²) in [5.41, 5.74) is 0.926. The van der Waals surface area contributed by atoms with Gasteiger partial charge in [-0.2, -0.15) is 0 Å². The number of carboxylic acids is 1. The molecule has 0 saturated heterocycles. The third-order valence-corrected chi connectivity index (χ3v) is 4.57. The lowest BCUT2D eigenvalue weighted by Gasteiger charge is -2.21. The summed E-state index contributed by atoms with van der Waals surface area (Å²) >= 11 is 1.31. The second kappa shape index (κ2) is 6.90. The number of hydrogen-bond donors (Lipinski definition) is 2. The first kappa shape index (κ1) is 13.6. The Hall–Kier alpha value is -0.870. The Kier molecular flexibility index (Phi) is 5.20. The molecule has 0 atom stereocenters. The van der Waals surface area contributed by atoms with Gasteiger partial charge in [0.2, 0.25) is 0 Å². The molecule has 0 aliphatic heterocycles. The van der Waals surface area contributed by atoms with Crippen molar-refractivity contribution >= 4 is 17.3 Å². The molecule has 18 heavy (non-hydrogen) atoms. The zero-order valence-electron chi connectivity index (χ0n) is 10.7. The quantitative estimate of drug-likeness (QED) is 0.875. The van der Waals surface area contributed by atoms with Crippen molar-refractivity contribution in [3.63, 3.8) is 0 Å². The smallest absolute Gasteiger partial charge is 0.346 e. The van der Waals surface area contributed by atoms with Crippen LogP contribution in [-0.4, -0.2) is 17.1 Å². The van der Waals surface area contributed by atoms with Crippen molar-refractivity contribution in [2.75, 3.05) is 0 Å². The molecule has 1 aliphatic carbocycles. The van der Waals surface area contributed by atoms with Crippen LogP contribution in [0.4, 0.5) is 0 Å². The van der Waals surface area contributed by atoms with Gasteiger partial charge in [0, 0.05) is 12.6 Å². The minimum Gasteiger partial charge on any atom is -0.477 e. The molecule has 0 bridgehead atoms. The summed E-state index contributed by atoms with van der Waals surface area (Å²) < 4.78 is 0. The van der Waals surface area contributed by atoms with E-state index in [9.17, 15) is 4.79 Å². The van der Waals surface area contributed by atoms with Crippen LogP contribution in [0, 0.1) is 0 Å². The Morgan fingerprint density at radius 2 is 1.94 bits per heavy atom. The van der Waals surface area contributed by atoms with E-state index in [2.05, 4.69) is 5.32 Å². The van der Waals surface area contributed by atoms with Gasteiger partial charge in [0.05, 0.1) is 0 Å². The van der Waals surface area contributed by atoms with Gasteiger partial charge in [-0.1, -0.05) is 32.1 Å². The zero-order valence-corrected chi connectivity index (χ0v) is 11.5. The molecule has 3 nitrogen and oxygen atoms in total. The molecule has 1 aliphatic rings. The van der Waals surface area contributed by atoms with Crippen LogP contribution in [0.25, 0.3) is 0 Å². The maximum absolute atomic E-state index is 11.0. The molecule has 0 spiro atoms. The van der Waals surface area contributed by atoms with Gasteiger partial charge >= 0.3 is 5.97 Å². The predicted molar refractivity (Wildman–Crippen MR) is 74.2 cm³/mol. The zero-order chi connectivity index (χ0) is 12.8. The summed E-state index contributed by atoms with van der Waals surface area (Å²) in [6.45, 7) is 0.690. The average molecular weight is 267 g/mol. The van der Waals surface area contributed by atoms with E-state index in [0.29, 0.717) is 17.5 Å². The number of rotatable bonds is 4. The number of hydrogen-bond acceptors (Lipinski definition) is 3. The highest BCUT2D eigenvalue weighted by Gasteiger charge is 2.14. The number of carbonyl (C=O) groups is 1. The summed E-state index contributed by atoms with van der Waals surface area (Å²) in [6, 6.07) is 2.48. The molecule has 100 valence electrons. The fourth-order valence-electron chi connectivity index (χ4n) is 2.58. The van der Waals surface area contributed by atoms with Crippen molar-refractivity contribution in [2.45, 2.75) is 57.5 Å². The van der Waals surface area contributed by atoms with Crippen LogP contribution in [0.2, 0.25) is 0 Å². The van der Waals surface area contributed by atoms with Crippen molar-refractivity contribution in [2.24, 2.45) is 0 Å². The van der Waals surface area contributed by atoms with Crippen molar-refractivity contribution in [3.8, 4) is 0 Å². The van der Waals surface area contributed by atoms with Crippen LogP contribution in [0.1, 0.15) is 60.2 Å². The van der Waals surface area contributed by atoms with Gasteiger partial charge in [0.1, 0.15) is 4.88 Å². The Bertz CT molecular complexity index is 381. The molecule has 2 rings (SSSR count). The lowest BCUT2D eigenvalue weighted by molar-refractivity contribution is 0.0701. The summed E-state index contributed by atoms with van der Waals surface area (Å²) in [5.74, 6) is -0.806. The minimum absolute atomic E-state index is 0.480. The number of thiophene rings is 1. The number of aromatic carboxylic acids is 1. The second-order valence-corrected chi connectivity index (χ2v) is 5.92. The van der Waals surface area contributed by atoms with Gasteiger partial charge < -0.3 is 10.4 Å². The standard InChI is InChI=1S/C14H21NO2S/c16-14(17)13-11(8-9-18-13)10-15-12-6-4-2-1-3-5-7-12/h8-9,12,15H,1-7,10H2,(H,16,17). The first-order valence-corrected chi connectivity index (χ1v) is 7.68. The SMILES string of the molecule is O=C(O)c1sccc1CNC1CCCCCCC1. The molecule has 1 saturated carbocycles. The molecule has 0 unspecified atom stereocenters. The van der Waals surface area contributed by atoms with Crippen LogP contribution in [0.5, 0.6) is 0 Å². The molecule has 1 aromatic heterocycles. The van der Waals surface area contributed by atoms with Crippen LogP contribution in [0.15, 0.2) is 11.4 Å². The van der Waals surface area contributed by atoms with E-state index in [1.165, 1.54) is 56.3 Å². The van der Waals surface area contributed by atoms with Gasteiger partial charge in [-0.3, -0.25) is 0 Å².